The van der Waals surface area contributed by atoms with Crippen LogP contribution in [-0.2, 0) is 19.6 Å². The van der Waals surface area contributed by atoms with Crippen LogP contribution in [0.25, 0.3) is 0 Å². The second kappa shape index (κ2) is 5.73. The predicted molar refractivity (Wildman–Crippen MR) is 88.2 cm³/mol. The van der Waals surface area contributed by atoms with E-state index in [0.29, 0.717) is 36.1 Å². The fourth-order valence-electron chi connectivity index (χ4n) is 5.02. The summed E-state index contributed by atoms with van der Waals surface area (Å²) in [5.74, 6) is 1.25. The molecule has 1 aliphatic heterocycles. The topological polar surface area (TPSA) is 63.7 Å². The minimum absolute atomic E-state index is 0.0531. The van der Waals surface area contributed by atoms with Gasteiger partial charge >= 0.3 is 5.97 Å². The predicted octanol–water partition coefficient (Wildman–Crippen LogP) is 2.41. The maximum atomic E-state index is 12.6. The van der Waals surface area contributed by atoms with Crippen molar-refractivity contribution in [1.82, 2.24) is 4.31 Å². The summed E-state index contributed by atoms with van der Waals surface area (Å²) in [6.07, 6.45) is 5.55. The van der Waals surface area contributed by atoms with Gasteiger partial charge in [-0.1, -0.05) is 20.8 Å². The third-order valence-electron chi connectivity index (χ3n) is 6.70. The Kier molecular flexibility index (Phi) is 4.28. The summed E-state index contributed by atoms with van der Waals surface area (Å²) in [7, 11) is -3.36. The zero-order chi connectivity index (χ0) is 17.0. The highest BCUT2D eigenvalue weighted by Crippen LogP contribution is 2.61. The Bertz CT molecular complexity index is 585. The smallest absolute Gasteiger partial charge is 0.324 e. The monoisotopic (exact) mass is 343 g/mol. The zero-order valence-electron chi connectivity index (χ0n) is 14.6. The molecule has 23 heavy (non-hydrogen) atoms. The number of carbonyl (C=O) groups is 1. The summed E-state index contributed by atoms with van der Waals surface area (Å²) in [5, 5.41) is 0. The molecule has 0 aromatic carbocycles. The van der Waals surface area contributed by atoms with Crippen molar-refractivity contribution < 1.29 is 17.9 Å². The molecule has 4 rings (SSSR count). The van der Waals surface area contributed by atoms with E-state index in [0.717, 1.165) is 19.3 Å². The number of hydrogen-bond acceptors (Lipinski definition) is 4. The lowest BCUT2D eigenvalue weighted by Gasteiger charge is -2.61. The van der Waals surface area contributed by atoms with Crippen LogP contribution in [0.15, 0.2) is 0 Å². The first-order valence-electron chi connectivity index (χ1n) is 8.79. The lowest BCUT2D eigenvalue weighted by Crippen LogP contribution is -2.58. The first kappa shape index (κ1) is 17.2. The minimum Gasteiger partial charge on any atom is -0.461 e. The van der Waals surface area contributed by atoms with E-state index in [-0.39, 0.29) is 12.1 Å². The molecule has 3 aliphatic carbocycles. The lowest BCUT2D eigenvalue weighted by atomic mass is 9.45. The van der Waals surface area contributed by atoms with Crippen molar-refractivity contribution in [2.45, 2.75) is 65.0 Å². The summed E-state index contributed by atoms with van der Waals surface area (Å²) in [5.41, 5.74) is 0.353. The van der Waals surface area contributed by atoms with Gasteiger partial charge in [0.05, 0.1) is 6.26 Å². The number of piperidine rings is 1. The second-order valence-electron chi connectivity index (χ2n) is 8.32. The Morgan fingerprint density at radius 3 is 2.48 bits per heavy atom. The average Bonchev–Trinajstić information content (AvgIpc) is 2.47. The van der Waals surface area contributed by atoms with Gasteiger partial charge in [-0.2, -0.15) is 4.31 Å². The quantitative estimate of drug-likeness (QED) is 0.738. The minimum atomic E-state index is -3.36. The number of fused-ring (bicyclic) bond motifs is 2. The van der Waals surface area contributed by atoms with Gasteiger partial charge in [-0.15, -0.1) is 0 Å². The molecular weight excluding hydrogens is 314 g/mol. The van der Waals surface area contributed by atoms with E-state index in [2.05, 4.69) is 20.8 Å². The molecule has 4 aliphatic rings. The van der Waals surface area contributed by atoms with E-state index in [1.54, 1.807) is 0 Å². The van der Waals surface area contributed by atoms with Crippen LogP contribution >= 0.6 is 0 Å². The van der Waals surface area contributed by atoms with Gasteiger partial charge in [-0.25, -0.2) is 8.42 Å². The van der Waals surface area contributed by atoms with Crippen molar-refractivity contribution in [3.63, 3.8) is 0 Å². The first-order valence-corrected chi connectivity index (χ1v) is 10.6. The number of carbonyl (C=O) groups excluding carboxylic acids is 1. The van der Waals surface area contributed by atoms with Gasteiger partial charge in [0, 0.05) is 6.54 Å². The van der Waals surface area contributed by atoms with Crippen molar-refractivity contribution in [2.24, 2.45) is 23.2 Å². The number of nitrogens with zero attached hydrogens (tertiary/aromatic N) is 1. The third-order valence-corrected chi connectivity index (χ3v) is 7.99. The first-order chi connectivity index (χ1) is 10.6. The van der Waals surface area contributed by atoms with E-state index in [9.17, 15) is 13.2 Å². The summed E-state index contributed by atoms with van der Waals surface area (Å²) in [6.45, 7) is 7.23. The fourth-order valence-corrected chi connectivity index (χ4v) is 6.14. The van der Waals surface area contributed by atoms with Gasteiger partial charge < -0.3 is 4.74 Å². The van der Waals surface area contributed by atoms with Crippen LogP contribution in [0.2, 0.25) is 0 Å². The molecule has 2 bridgehead atoms. The molecule has 1 heterocycles. The molecule has 0 aromatic rings. The van der Waals surface area contributed by atoms with Gasteiger partial charge in [-0.05, 0) is 55.3 Å². The highest BCUT2D eigenvalue weighted by Gasteiger charge is 2.57. The highest BCUT2D eigenvalue weighted by molar-refractivity contribution is 7.88. The maximum Gasteiger partial charge on any atom is 0.324 e. The third kappa shape index (κ3) is 2.93. The van der Waals surface area contributed by atoms with Crippen LogP contribution in [0, 0.1) is 23.2 Å². The molecule has 5 nitrogen and oxygen atoms in total. The van der Waals surface area contributed by atoms with Gasteiger partial charge in [0.25, 0.3) is 0 Å². The summed E-state index contributed by atoms with van der Waals surface area (Å²) in [6, 6.07) is -0.628. The molecule has 0 radical (unpaired) electrons. The normalized spacial score (nSPS) is 40.3. The Balaban J connectivity index is 1.67. The van der Waals surface area contributed by atoms with E-state index in [1.165, 1.54) is 17.0 Å². The molecular formula is C17H29NO4S. The molecule has 5 atom stereocenters. The van der Waals surface area contributed by atoms with Crippen LogP contribution in [0.5, 0.6) is 0 Å². The van der Waals surface area contributed by atoms with Crippen molar-refractivity contribution in [3.05, 3.63) is 0 Å². The van der Waals surface area contributed by atoms with Crippen LogP contribution in [0.3, 0.4) is 0 Å². The molecule has 6 heteroatoms. The number of ether oxygens (including phenoxy) is 1. The summed E-state index contributed by atoms with van der Waals surface area (Å²) < 4.78 is 31.0. The Morgan fingerprint density at radius 1 is 1.22 bits per heavy atom. The average molecular weight is 343 g/mol. The highest BCUT2D eigenvalue weighted by atomic mass is 32.2. The molecule has 0 N–H and O–H groups in total. The largest absolute Gasteiger partial charge is 0.461 e. The van der Waals surface area contributed by atoms with Crippen LogP contribution in [-0.4, -0.2) is 43.6 Å². The van der Waals surface area contributed by atoms with Gasteiger partial charge in [-0.3, -0.25) is 4.79 Å². The van der Waals surface area contributed by atoms with Crippen molar-refractivity contribution >= 4 is 16.0 Å². The molecule has 0 spiro atoms. The Labute approximate surface area is 139 Å². The van der Waals surface area contributed by atoms with E-state index in [4.69, 9.17) is 4.74 Å². The summed E-state index contributed by atoms with van der Waals surface area (Å²) in [4.78, 5) is 12.6. The van der Waals surface area contributed by atoms with Gasteiger partial charge in [0.1, 0.15) is 12.1 Å². The summed E-state index contributed by atoms with van der Waals surface area (Å²) >= 11 is 0. The SMILES string of the molecule is CC1C(OC(=O)C2CCCCN2S(C)(=O)=O)CC2CC1C2(C)C. The fraction of sp³-hybridized carbons (Fsp3) is 0.941. The number of hydrogen-bond donors (Lipinski definition) is 0. The maximum absolute atomic E-state index is 12.6. The molecule has 0 aromatic heterocycles. The molecule has 3 saturated carbocycles. The standard InChI is InChI=1S/C17H29NO4S/c1-11-13-9-12(17(13,2)3)10-15(11)22-16(19)14-7-5-6-8-18(14)23(4,20)21/h11-15H,5-10H2,1-4H3. The van der Waals surface area contributed by atoms with Gasteiger partial charge in [0.15, 0.2) is 0 Å². The van der Waals surface area contributed by atoms with Gasteiger partial charge in [0.2, 0.25) is 10.0 Å². The number of sulfonamides is 1. The molecule has 132 valence electrons. The molecule has 5 unspecified atom stereocenters. The Hall–Kier alpha value is -0.620. The van der Waals surface area contributed by atoms with Crippen LogP contribution < -0.4 is 0 Å². The Morgan fingerprint density at radius 2 is 1.91 bits per heavy atom. The lowest BCUT2D eigenvalue weighted by molar-refractivity contribution is -0.189. The van der Waals surface area contributed by atoms with E-state index >= 15 is 0 Å². The van der Waals surface area contributed by atoms with E-state index in [1.807, 2.05) is 0 Å². The molecule has 1 saturated heterocycles. The number of esters is 1. The molecule has 4 fully saturated rings. The van der Waals surface area contributed by atoms with Crippen LogP contribution in [0.4, 0.5) is 0 Å². The molecule has 0 amide bonds. The van der Waals surface area contributed by atoms with Crippen molar-refractivity contribution in [2.75, 3.05) is 12.8 Å². The van der Waals surface area contributed by atoms with Crippen molar-refractivity contribution in [3.8, 4) is 0 Å². The zero-order valence-corrected chi connectivity index (χ0v) is 15.4. The van der Waals surface area contributed by atoms with Crippen molar-refractivity contribution in [1.29, 1.82) is 0 Å². The van der Waals surface area contributed by atoms with Crippen LogP contribution in [0.1, 0.15) is 52.9 Å². The van der Waals surface area contributed by atoms with E-state index < -0.39 is 16.1 Å². The second-order valence-corrected chi connectivity index (χ2v) is 10.3. The number of rotatable bonds is 3.